The van der Waals surface area contributed by atoms with Gasteiger partial charge < -0.3 is 5.32 Å². The first-order chi connectivity index (χ1) is 13.6. The number of benzene rings is 1. The number of allylic oxidation sites excluding steroid dienone is 11. The molecule has 1 heteroatoms. The molecule has 0 radical (unpaired) electrons. The first-order valence-electron chi connectivity index (χ1n) is 10.7. The highest BCUT2D eigenvalue weighted by Gasteiger charge is 2.41. The molecule has 0 fully saturated rings. The lowest BCUT2D eigenvalue weighted by atomic mass is 9.78. The summed E-state index contributed by atoms with van der Waals surface area (Å²) in [5.41, 5.74) is 10.3. The van der Waals surface area contributed by atoms with Crippen LogP contribution in [0.15, 0.2) is 94.9 Å². The normalized spacial score (nSPS) is 24.9. The van der Waals surface area contributed by atoms with E-state index in [1.807, 2.05) is 0 Å². The maximum absolute atomic E-state index is 3.73. The lowest BCUT2D eigenvalue weighted by molar-refractivity contribution is 0.607. The van der Waals surface area contributed by atoms with Crippen LogP contribution in [0.25, 0.3) is 0 Å². The second-order valence-electron chi connectivity index (χ2n) is 8.93. The Morgan fingerprint density at radius 1 is 0.964 bits per heavy atom. The van der Waals surface area contributed by atoms with E-state index >= 15 is 0 Å². The number of rotatable bonds is 3. The van der Waals surface area contributed by atoms with Crippen molar-refractivity contribution in [2.45, 2.75) is 57.3 Å². The Labute approximate surface area is 168 Å². The second-order valence-corrected chi connectivity index (χ2v) is 8.93. The maximum Gasteiger partial charge on any atom is 0.0341 e. The van der Waals surface area contributed by atoms with Gasteiger partial charge in [-0.2, -0.15) is 0 Å². The molecule has 1 N–H and O–H groups in total. The molecule has 0 amide bonds. The minimum atomic E-state index is 0.122. The fourth-order valence-corrected chi connectivity index (χ4v) is 5.29. The summed E-state index contributed by atoms with van der Waals surface area (Å²) >= 11 is 0. The van der Waals surface area contributed by atoms with Gasteiger partial charge in [-0.05, 0) is 66.5 Å². The zero-order valence-electron chi connectivity index (χ0n) is 17.0. The SMILES string of the molecule is CC1(C)C2=CC(NC3=CC=C(C4=CC=CCC4)CC3)=CCC2c2ccccc21. The van der Waals surface area contributed by atoms with Gasteiger partial charge in [0.25, 0.3) is 0 Å². The summed E-state index contributed by atoms with van der Waals surface area (Å²) in [6.45, 7) is 4.75. The molecule has 0 aromatic heterocycles. The van der Waals surface area contributed by atoms with E-state index in [2.05, 4.69) is 86.0 Å². The average Bonchev–Trinajstić information content (AvgIpc) is 2.97. The molecule has 1 aromatic rings. The third-order valence-corrected chi connectivity index (χ3v) is 6.87. The van der Waals surface area contributed by atoms with Gasteiger partial charge in [0.2, 0.25) is 0 Å². The predicted molar refractivity (Wildman–Crippen MR) is 118 cm³/mol. The van der Waals surface area contributed by atoms with Crippen molar-refractivity contribution in [1.29, 1.82) is 0 Å². The molecule has 0 aliphatic heterocycles. The molecule has 0 bridgehead atoms. The highest BCUT2D eigenvalue weighted by atomic mass is 14.9. The Bertz CT molecular complexity index is 991. The van der Waals surface area contributed by atoms with E-state index in [0.29, 0.717) is 5.92 Å². The molecular formula is C27H29N. The van der Waals surface area contributed by atoms with Crippen molar-refractivity contribution in [3.05, 3.63) is 106 Å². The van der Waals surface area contributed by atoms with Gasteiger partial charge in [0.05, 0.1) is 0 Å². The molecule has 4 aliphatic rings. The number of fused-ring (bicyclic) bond motifs is 3. The van der Waals surface area contributed by atoms with Crippen molar-refractivity contribution in [3.63, 3.8) is 0 Å². The fraction of sp³-hybridized carbons (Fsp3) is 0.333. The first-order valence-corrected chi connectivity index (χ1v) is 10.7. The standard InChI is InChI=1S/C27H29N/c1-27(2)25-11-7-6-10-23(25)24-17-16-22(18-26(24)27)28-21-14-12-20(13-15-21)19-8-4-3-5-9-19/h3-4,6-8,10-12,14,16,18,24,28H,5,9,13,15,17H2,1-2H3. The first kappa shape index (κ1) is 17.6. The molecule has 0 spiro atoms. The molecule has 5 rings (SSSR count). The van der Waals surface area contributed by atoms with Gasteiger partial charge in [0.15, 0.2) is 0 Å². The molecule has 4 aliphatic carbocycles. The monoisotopic (exact) mass is 367 g/mol. The molecule has 1 nitrogen and oxygen atoms in total. The highest BCUT2D eigenvalue weighted by Crippen LogP contribution is 2.53. The van der Waals surface area contributed by atoms with Crippen LogP contribution in [-0.4, -0.2) is 0 Å². The predicted octanol–water partition coefficient (Wildman–Crippen LogP) is 6.75. The third kappa shape index (κ3) is 2.94. The largest absolute Gasteiger partial charge is 0.359 e. The Morgan fingerprint density at radius 3 is 2.61 bits per heavy atom. The Balaban J connectivity index is 1.35. The number of nitrogens with one attached hydrogen (secondary N) is 1. The van der Waals surface area contributed by atoms with E-state index in [4.69, 9.17) is 0 Å². The van der Waals surface area contributed by atoms with E-state index < -0.39 is 0 Å². The highest BCUT2D eigenvalue weighted by molar-refractivity contribution is 5.57. The minimum absolute atomic E-state index is 0.122. The zero-order chi connectivity index (χ0) is 19.1. The average molecular weight is 368 g/mol. The van der Waals surface area contributed by atoms with E-state index in [9.17, 15) is 0 Å². The van der Waals surface area contributed by atoms with Gasteiger partial charge in [0, 0.05) is 22.7 Å². The van der Waals surface area contributed by atoms with Gasteiger partial charge in [-0.1, -0.05) is 74.1 Å². The second kappa shape index (κ2) is 6.81. The van der Waals surface area contributed by atoms with Gasteiger partial charge in [-0.15, -0.1) is 0 Å². The summed E-state index contributed by atoms with van der Waals surface area (Å²) in [7, 11) is 0. The molecule has 1 unspecified atom stereocenters. The molecule has 0 saturated carbocycles. The van der Waals surface area contributed by atoms with Crippen LogP contribution in [0.4, 0.5) is 0 Å². The van der Waals surface area contributed by atoms with Crippen LogP contribution in [-0.2, 0) is 5.41 Å². The quantitative estimate of drug-likeness (QED) is 0.623. The van der Waals surface area contributed by atoms with E-state index in [1.165, 1.54) is 46.5 Å². The molecular weight excluding hydrogens is 338 g/mol. The summed E-state index contributed by atoms with van der Waals surface area (Å²) in [5, 5.41) is 3.73. The molecule has 142 valence electrons. The lowest BCUT2D eigenvalue weighted by Crippen LogP contribution is -2.21. The Kier molecular flexibility index (Phi) is 4.27. The van der Waals surface area contributed by atoms with Crippen LogP contribution in [0, 0.1) is 0 Å². The molecule has 0 heterocycles. The van der Waals surface area contributed by atoms with Gasteiger partial charge >= 0.3 is 0 Å². The van der Waals surface area contributed by atoms with Crippen molar-refractivity contribution < 1.29 is 0 Å². The van der Waals surface area contributed by atoms with Crippen molar-refractivity contribution in [3.8, 4) is 0 Å². The van der Waals surface area contributed by atoms with Crippen LogP contribution in [0.2, 0.25) is 0 Å². The summed E-state index contributed by atoms with van der Waals surface area (Å²) in [6, 6.07) is 9.00. The van der Waals surface area contributed by atoms with E-state index in [-0.39, 0.29) is 5.41 Å². The third-order valence-electron chi connectivity index (χ3n) is 6.87. The van der Waals surface area contributed by atoms with Crippen LogP contribution < -0.4 is 5.32 Å². The van der Waals surface area contributed by atoms with Gasteiger partial charge in [-0.25, -0.2) is 0 Å². The molecule has 1 atom stereocenters. The van der Waals surface area contributed by atoms with Gasteiger partial charge in [0.1, 0.15) is 0 Å². The summed E-state index contributed by atoms with van der Waals surface area (Å²) in [5.74, 6) is 0.551. The topological polar surface area (TPSA) is 12.0 Å². The molecule has 28 heavy (non-hydrogen) atoms. The minimum Gasteiger partial charge on any atom is -0.359 e. The summed E-state index contributed by atoms with van der Waals surface area (Å²) in [6.07, 6.45) is 21.9. The maximum atomic E-state index is 3.73. The summed E-state index contributed by atoms with van der Waals surface area (Å²) in [4.78, 5) is 0. The van der Waals surface area contributed by atoms with Crippen LogP contribution >= 0.6 is 0 Å². The molecule has 1 aromatic carbocycles. The van der Waals surface area contributed by atoms with Crippen LogP contribution in [0.3, 0.4) is 0 Å². The molecule has 0 saturated heterocycles. The summed E-state index contributed by atoms with van der Waals surface area (Å²) < 4.78 is 0. The van der Waals surface area contributed by atoms with Crippen molar-refractivity contribution in [1.82, 2.24) is 5.32 Å². The van der Waals surface area contributed by atoms with Crippen LogP contribution in [0.5, 0.6) is 0 Å². The fourth-order valence-electron chi connectivity index (χ4n) is 5.29. The van der Waals surface area contributed by atoms with E-state index in [0.717, 1.165) is 19.3 Å². The van der Waals surface area contributed by atoms with E-state index in [1.54, 1.807) is 5.57 Å². The Hall–Kier alpha value is -2.54. The van der Waals surface area contributed by atoms with Crippen molar-refractivity contribution >= 4 is 0 Å². The van der Waals surface area contributed by atoms with Crippen molar-refractivity contribution in [2.24, 2.45) is 0 Å². The van der Waals surface area contributed by atoms with Gasteiger partial charge in [-0.3, -0.25) is 0 Å². The van der Waals surface area contributed by atoms with Crippen molar-refractivity contribution in [2.75, 3.05) is 0 Å². The smallest absolute Gasteiger partial charge is 0.0341 e. The number of hydrogen-bond donors (Lipinski definition) is 1. The Morgan fingerprint density at radius 2 is 1.82 bits per heavy atom. The van der Waals surface area contributed by atoms with Crippen LogP contribution in [0.1, 0.15) is 63.0 Å². The zero-order valence-corrected chi connectivity index (χ0v) is 17.0. The lowest BCUT2D eigenvalue weighted by Gasteiger charge is -2.28. The number of hydrogen-bond acceptors (Lipinski definition) is 1.